The lowest BCUT2D eigenvalue weighted by Crippen LogP contribution is -2.38. The molecule has 0 bridgehead atoms. The first kappa shape index (κ1) is 22.0. The number of unbranched alkanes of at least 4 members (excludes halogenated alkanes) is 4. The largest absolute Gasteiger partial charge is 0.481 e. The molecule has 4 heteroatoms. The molecule has 0 radical (unpaired) electrons. The van der Waals surface area contributed by atoms with Crippen LogP contribution in [0.1, 0.15) is 98.3 Å². The number of esters is 1. The van der Waals surface area contributed by atoms with E-state index in [9.17, 15) is 14.7 Å². The van der Waals surface area contributed by atoms with Crippen LogP contribution >= 0.6 is 0 Å². The molecule has 1 rings (SSSR count). The molecule has 0 spiro atoms. The van der Waals surface area contributed by atoms with Crippen molar-refractivity contribution in [2.24, 2.45) is 17.8 Å². The maximum absolute atomic E-state index is 12.5. The molecule has 4 nitrogen and oxygen atoms in total. The van der Waals surface area contributed by atoms with Gasteiger partial charge in [0.15, 0.2) is 0 Å². The van der Waals surface area contributed by atoms with E-state index in [1.54, 1.807) is 0 Å². The van der Waals surface area contributed by atoms with Crippen LogP contribution in [0.2, 0.25) is 0 Å². The van der Waals surface area contributed by atoms with Gasteiger partial charge in [-0.05, 0) is 45.4 Å². The summed E-state index contributed by atoms with van der Waals surface area (Å²) >= 11 is 0. The highest BCUT2D eigenvalue weighted by Gasteiger charge is 2.38. The monoisotopic (exact) mass is 354 g/mol. The standard InChI is InChI=1S/C21H38O4/c1-16(2)12-8-6-5-7-11-15-21(3,4)25-20(24)18-14-10-9-13-17(18)19(22)23/h16-18H,5-15H2,1-4H3,(H,22,23). The van der Waals surface area contributed by atoms with Crippen LogP contribution in [0.4, 0.5) is 0 Å². The van der Waals surface area contributed by atoms with Crippen molar-refractivity contribution in [3.8, 4) is 0 Å². The van der Waals surface area contributed by atoms with Crippen molar-refractivity contribution < 1.29 is 19.4 Å². The number of carboxylic acids is 1. The average Bonchev–Trinajstić information content (AvgIpc) is 2.53. The van der Waals surface area contributed by atoms with E-state index >= 15 is 0 Å². The van der Waals surface area contributed by atoms with Crippen LogP contribution in [0.25, 0.3) is 0 Å². The SMILES string of the molecule is CC(C)CCCCCCCC(C)(C)OC(=O)C1CCCCC1C(=O)O. The summed E-state index contributed by atoms with van der Waals surface area (Å²) in [6.07, 6.45) is 11.2. The van der Waals surface area contributed by atoms with Gasteiger partial charge in [-0.25, -0.2) is 0 Å². The summed E-state index contributed by atoms with van der Waals surface area (Å²) in [6.45, 7) is 8.42. The molecule has 2 unspecified atom stereocenters. The van der Waals surface area contributed by atoms with Gasteiger partial charge in [0.25, 0.3) is 0 Å². The van der Waals surface area contributed by atoms with Crippen molar-refractivity contribution in [1.29, 1.82) is 0 Å². The summed E-state index contributed by atoms with van der Waals surface area (Å²) in [6, 6.07) is 0. The number of ether oxygens (including phenoxy) is 1. The number of aliphatic carboxylic acids is 1. The van der Waals surface area contributed by atoms with E-state index in [4.69, 9.17) is 4.74 Å². The second kappa shape index (κ2) is 10.8. The fourth-order valence-corrected chi connectivity index (χ4v) is 3.74. The van der Waals surface area contributed by atoms with Crippen LogP contribution < -0.4 is 0 Å². The maximum atomic E-state index is 12.5. The Balaban J connectivity index is 2.30. The molecule has 1 aliphatic carbocycles. The molecule has 1 saturated carbocycles. The summed E-state index contributed by atoms with van der Waals surface area (Å²) < 4.78 is 5.71. The Labute approximate surface area is 153 Å². The molecule has 1 N–H and O–H groups in total. The fourth-order valence-electron chi connectivity index (χ4n) is 3.74. The van der Waals surface area contributed by atoms with Crippen LogP contribution in [-0.4, -0.2) is 22.6 Å². The Bertz CT molecular complexity index is 414. The second-order valence-electron chi connectivity index (χ2n) is 8.72. The highest BCUT2D eigenvalue weighted by atomic mass is 16.6. The molecular formula is C21H38O4. The van der Waals surface area contributed by atoms with Crippen molar-refractivity contribution in [3.05, 3.63) is 0 Å². The first-order valence-corrected chi connectivity index (χ1v) is 10.2. The van der Waals surface area contributed by atoms with Gasteiger partial charge < -0.3 is 9.84 Å². The zero-order valence-electron chi connectivity index (χ0n) is 16.7. The maximum Gasteiger partial charge on any atom is 0.310 e. The Kier molecular flexibility index (Phi) is 9.52. The van der Waals surface area contributed by atoms with Gasteiger partial charge >= 0.3 is 11.9 Å². The fraction of sp³-hybridized carbons (Fsp3) is 0.905. The van der Waals surface area contributed by atoms with Gasteiger partial charge in [-0.1, -0.05) is 58.8 Å². The molecule has 0 aromatic rings. The Morgan fingerprint density at radius 2 is 1.56 bits per heavy atom. The molecule has 25 heavy (non-hydrogen) atoms. The first-order chi connectivity index (χ1) is 11.7. The minimum Gasteiger partial charge on any atom is -0.481 e. The molecule has 0 aromatic carbocycles. The summed E-state index contributed by atoms with van der Waals surface area (Å²) in [5.74, 6) is -1.43. The molecule has 0 amide bonds. The number of hydrogen-bond donors (Lipinski definition) is 1. The third-order valence-corrected chi connectivity index (χ3v) is 5.32. The number of rotatable bonds is 11. The summed E-state index contributed by atoms with van der Waals surface area (Å²) in [7, 11) is 0. The lowest BCUT2D eigenvalue weighted by Gasteiger charge is -2.32. The molecule has 0 heterocycles. The zero-order valence-corrected chi connectivity index (χ0v) is 16.7. The van der Waals surface area contributed by atoms with Crippen LogP contribution in [0.5, 0.6) is 0 Å². The van der Waals surface area contributed by atoms with E-state index in [0.717, 1.165) is 31.6 Å². The minimum absolute atomic E-state index is 0.311. The molecule has 0 aliphatic heterocycles. The molecule has 0 saturated heterocycles. The Morgan fingerprint density at radius 3 is 2.16 bits per heavy atom. The Morgan fingerprint density at radius 1 is 1.00 bits per heavy atom. The molecule has 2 atom stereocenters. The van der Waals surface area contributed by atoms with Gasteiger partial charge in [-0.3, -0.25) is 9.59 Å². The molecule has 1 fully saturated rings. The zero-order chi connectivity index (χ0) is 18.9. The van der Waals surface area contributed by atoms with Crippen molar-refractivity contribution in [2.45, 2.75) is 104 Å². The lowest BCUT2D eigenvalue weighted by atomic mass is 9.79. The van der Waals surface area contributed by atoms with E-state index in [1.807, 2.05) is 13.8 Å². The summed E-state index contributed by atoms with van der Waals surface area (Å²) in [4.78, 5) is 23.8. The summed E-state index contributed by atoms with van der Waals surface area (Å²) in [5.41, 5.74) is -0.504. The molecule has 146 valence electrons. The molecular weight excluding hydrogens is 316 g/mol. The van der Waals surface area contributed by atoms with E-state index in [1.165, 1.54) is 32.1 Å². The third-order valence-electron chi connectivity index (χ3n) is 5.32. The number of carbonyl (C=O) groups excluding carboxylic acids is 1. The van der Waals surface area contributed by atoms with Crippen molar-refractivity contribution >= 4 is 11.9 Å². The predicted octanol–water partition coefficient (Wildman–Crippen LogP) is 5.59. The van der Waals surface area contributed by atoms with Crippen molar-refractivity contribution in [2.75, 3.05) is 0 Å². The van der Waals surface area contributed by atoms with E-state index in [2.05, 4.69) is 13.8 Å². The third kappa shape index (κ3) is 8.73. The van der Waals surface area contributed by atoms with Crippen molar-refractivity contribution in [3.63, 3.8) is 0 Å². The van der Waals surface area contributed by atoms with E-state index in [-0.39, 0.29) is 5.97 Å². The van der Waals surface area contributed by atoms with Crippen LogP contribution in [-0.2, 0) is 14.3 Å². The van der Waals surface area contributed by atoms with Gasteiger partial charge in [-0.15, -0.1) is 0 Å². The van der Waals surface area contributed by atoms with Gasteiger partial charge in [0.2, 0.25) is 0 Å². The predicted molar refractivity (Wildman–Crippen MR) is 100 cm³/mol. The summed E-state index contributed by atoms with van der Waals surface area (Å²) in [5, 5.41) is 9.33. The number of hydrogen-bond acceptors (Lipinski definition) is 3. The second-order valence-corrected chi connectivity index (χ2v) is 8.72. The van der Waals surface area contributed by atoms with E-state index in [0.29, 0.717) is 12.8 Å². The van der Waals surface area contributed by atoms with Gasteiger partial charge in [-0.2, -0.15) is 0 Å². The number of carbonyl (C=O) groups is 2. The topological polar surface area (TPSA) is 63.6 Å². The van der Waals surface area contributed by atoms with Gasteiger partial charge in [0.1, 0.15) is 5.60 Å². The lowest BCUT2D eigenvalue weighted by molar-refractivity contribution is -0.170. The van der Waals surface area contributed by atoms with Crippen LogP contribution in [0.3, 0.4) is 0 Å². The van der Waals surface area contributed by atoms with Gasteiger partial charge in [0.05, 0.1) is 11.8 Å². The smallest absolute Gasteiger partial charge is 0.310 e. The van der Waals surface area contributed by atoms with E-state index < -0.39 is 23.4 Å². The molecule has 1 aliphatic rings. The minimum atomic E-state index is -0.860. The van der Waals surface area contributed by atoms with Crippen LogP contribution in [0, 0.1) is 17.8 Å². The Hall–Kier alpha value is -1.06. The first-order valence-electron chi connectivity index (χ1n) is 10.2. The van der Waals surface area contributed by atoms with Crippen molar-refractivity contribution in [1.82, 2.24) is 0 Å². The normalized spacial score (nSPS) is 21.3. The average molecular weight is 355 g/mol. The molecule has 0 aromatic heterocycles. The highest BCUT2D eigenvalue weighted by molar-refractivity contribution is 5.81. The van der Waals surface area contributed by atoms with Crippen LogP contribution in [0.15, 0.2) is 0 Å². The van der Waals surface area contributed by atoms with Gasteiger partial charge in [0, 0.05) is 0 Å². The highest BCUT2D eigenvalue weighted by Crippen LogP contribution is 2.33. The number of carboxylic acid groups (broad SMARTS) is 1. The quantitative estimate of drug-likeness (QED) is 0.388.